The highest BCUT2D eigenvalue weighted by Gasteiger charge is 2.25. The Morgan fingerprint density at radius 3 is 2.52 bits per heavy atom. The van der Waals surface area contributed by atoms with Crippen molar-refractivity contribution in [2.24, 2.45) is 5.92 Å². The summed E-state index contributed by atoms with van der Waals surface area (Å²) in [6, 6.07) is 13.6. The lowest BCUT2D eigenvalue weighted by molar-refractivity contribution is 0.0420. The molecule has 3 heteroatoms. The van der Waals surface area contributed by atoms with Crippen molar-refractivity contribution in [3.8, 4) is 0 Å². The summed E-state index contributed by atoms with van der Waals surface area (Å²) in [4.78, 5) is 2.55. The molecule has 0 saturated heterocycles. The third-order valence-corrected chi connectivity index (χ3v) is 6.17. The van der Waals surface area contributed by atoms with Crippen molar-refractivity contribution in [1.29, 1.82) is 0 Å². The first-order valence-corrected chi connectivity index (χ1v) is 10.6. The molecule has 1 atom stereocenters. The molecule has 0 spiro atoms. The summed E-state index contributed by atoms with van der Waals surface area (Å²) in [6.45, 7) is 9.03. The van der Waals surface area contributed by atoms with Crippen LogP contribution >= 0.6 is 0 Å². The molecule has 3 rings (SSSR count). The van der Waals surface area contributed by atoms with E-state index in [-0.39, 0.29) is 6.10 Å². The molecular weight excluding hydrogens is 332 g/mol. The Morgan fingerprint density at radius 2 is 1.81 bits per heavy atom. The number of aryl methyl sites for hydroxylation is 1. The lowest BCUT2D eigenvalue weighted by atomic mass is 9.93. The van der Waals surface area contributed by atoms with Gasteiger partial charge in [0.05, 0.1) is 6.10 Å². The van der Waals surface area contributed by atoms with Gasteiger partial charge < -0.3 is 9.67 Å². The largest absolute Gasteiger partial charge is 0.392 e. The normalized spacial score (nSPS) is 17.0. The van der Waals surface area contributed by atoms with Crippen LogP contribution in [-0.2, 0) is 13.1 Å². The fourth-order valence-corrected chi connectivity index (χ4v) is 4.17. The quantitative estimate of drug-likeness (QED) is 0.710. The standard InChI is InChI=1S/C24H36N2O/c1-19(2)24(27)18-26(22-12-5-4-6-13-22)17-23-14-9-15-25(23)16-21-11-8-7-10-20(21)3/h7-11,14-15,19,22,24,27H,4-6,12-13,16-18H2,1-3H3/t24-/m0/s1. The smallest absolute Gasteiger partial charge is 0.0690 e. The Hall–Kier alpha value is -1.58. The Morgan fingerprint density at radius 1 is 1.07 bits per heavy atom. The van der Waals surface area contributed by atoms with Crippen LogP contribution < -0.4 is 0 Å². The number of aliphatic hydroxyl groups excluding tert-OH is 1. The maximum Gasteiger partial charge on any atom is 0.0690 e. The summed E-state index contributed by atoms with van der Waals surface area (Å²) in [5.41, 5.74) is 4.07. The number of rotatable bonds is 8. The van der Waals surface area contributed by atoms with Gasteiger partial charge in [0, 0.05) is 37.6 Å². The van der Waals surface area contributed by atoms with Gasteiger partial charge in [-0.3, -0.25) is 4.90 Å². The Bertz CT molecular complexity index is 700. The SMILES string of the molecule is Cc1ccccc1Cn1cccc1CN(C[C@H](O)C(C)C)C1CCCCC1. The van der Waals surface area contributed by atoms with Crippen LogP contribution in [0.3, 0.4) is 0 Å². The zero-order valence-corrected chi connectivity index (χ0v) is 17.3. The van der Waals surface area contributed by atoms with Crippen molar-refractivity contribution < 1.29 is 5.11 Å². The predicted molar refractivity (Wildman–Crippen MR) is 113 cm³/mol. The summed E-state index contributed by atoms with van der Waals surface area (Å²) >= 11 is 0. The minimum atomic E-state index is -0.258. The van der Waals surface area contributed by atoms with Crippen molar-refractivity contribution in [3.63, 3.8) is 0 Å². The van der Waals surface area contributed by atoms with E-state index in [4.69, 9.17) is 0 Å². The van der Waals surface area contributed by atoms with Crippen molar-refractivity contribution in [2.45, 2.75) is 78.1 Å². The van der Waals surface area contributed by atoms with Gasteiger partial charge >= 0.3 is 0 Å². The summed E-state index contributed by atoms with van der Waals surface area (Å²) in [5, 5.41) is 10.5. The van der Waals surface area contributed by atoms with Gasteiger partial charge in [-0.05, 0) is 48.9 Å². The molecule has 1 heterocycles. The Labute approximate surface area is 165 Å². The minimum Gasteiger partial charge on any atom is -0.392 e. The van der Waals surface area contributed by atoms with E-state index in [1.807, 2.05) is 0 Å². The number of nitrogens with zero attached hydrogens (tertiary/aromatic N) is 2. The minimum absolute atomic E-state index is 0.258. The molecule has 1 aromatic heterocycles. The number of aliphatic hydroxyl groups is 1. The second kappa shape index (κ2) is 9.57. The topological polar surface area (TPSA) is 28.4 Å². The molecule has 3 nitrogen and oxygen atoms in total. The Kier molecular flexibility index (Phi) is 7.14. The van der Waals surface area contributed by atoms with E-state index in [2.05, 4.69) is 72.8 Å². The number of hydrogen-bond donors (Lipinski definition) is 1. The molecule has 0 amide bonds. The molecule has 1 aliphatic carbocycles. The van der Waals surface area contributed by atoms with Crippen LogP contribution in [0.4, 0.5) is 0 Å². The monoisotopic (exact) mass is 368 g/mol. The van der Waals surface area contributed by atoms with Crippen LogP contribution in [0.15, 0.2) is 42.6 Å². The molecule has 0 aliphatic heterocycles. The molecule has 0 radical (unpaired) electrons. The van der Waals surface area contributed by atoms with Gasteiger partial charge in [0.15, 0.2) is 0 Å². The maximum atomic E-state index is 10.5. The molecular formula is C24H36N2O. The van der Waals surface area contributed by atoms with Crippen LogP contribution in [0, 0.1) is 12.8 Å². The van der Waals surface area contributed by atoms with Crippen molar-refractivity contribution in [3.05, 3.63) is 59.4 Å². The molecule has 1 N–H and O–H groups in total. The van der Waals surface area contributed by atoms with Gasteiger partial charge in [-0.2, -0.15) is 0 Å². The molecule has 0 unspecified atom stereocenters. The molecule has 1 saturated carbocycles. The molecule has 1 fully saturated rings. The highest BCUT2D eigenvalue weighted by atomic mass is 16.3. The fraction of sp³-hybridized carbons (Fsp3) is 0.583. The lowest BCUT2D eigenvalue weighted by Gasteiger charge is -2.36. The highest BCUT2D eigenvalue weighted by Crippen LogP contribution is 2.25. The first-order valence-electron chi connectivity index (χ1n) is 10.6. The van der Waals surface area contributed by atoms with Gasteiger partial charge in [0.25, 0.3) is 0 Å². The van der Waals surface area contributed by atoms with Crippen LogP contribution in [0.5, 0.6) is 0 Å². The summed E-state index contributed by atoms with van der Waals surface area (Å²) in [5.74, 6) is 0.301. The third kappa shape index (κ3) is 5.46. The first kappa shape index (κ1) is 20.2. The van der Waals surface area contributed by atoms with Crippen LogP contribution in [0.2, 0.25) is 0 Å². The molecule has 27 heavy (non-hydrogen) atoms. The van der Waals surface area contributed by atoms with Crippen LogP contribution in [0.25, 0.3) is 0 Å². The second-order valence-corrected chi connectivity index (χ2v) is 8.59. The van der Waals surface area contributed by atoms with E-state index in [9.17, 15) is 5.11 Å². The van der Waals surface area contributed by atoms with Crippen LogP contribution in [0.1, 0.15) is 62.8 Å². The summed E-state index contributed by atoms with van der Waals surface area (Å²) in [7, 11) is 0. The molecule has 148 valence electrons. The van der Waals surface area contributed by atoms with Gasteiger partial charge in [0.2, 0.25) is 0 Å². The van der Waals surface area contributed by atoms with Gasteiger partial charge in [-0.15, -0.1) is 0 Å². The van der Waals surface area contributed by atoms with Crippen molar-refractivity contribution in [1.82, 2.24) is 9.47 Å². The average Bonchev–Trinajstić information content (AvgIpc) is 3.10. The zero-order chi connectivity index (χ0) is 19.2. The fourth-order valence-electron chi connectivity index (χ4n) is 4.17. The van der Waals surface area contributed by atoms with E-state index in [0.717, 1.165) is 19.6 Å². The Balaban J connectivity index is 1.75. The second-order valence-electron chi connectivity index (χ2n) is 8.59. The summed E-state index contributed by atoms with van der Waals surface area (Å²) < 4.78 is 2.37. The van der Waals surface area contributed by atoms with Crippen molar-refractivity contribution in [2.75, 3.05) is 6.54 Å². The number of aromatic nitrogens is 1. The zero-order valence-electron chi connectivity index (χ0n) is 17.3. The first-order chi connectivity index (χ1) is 13.0. The van der Waals surface area contributed by atoms with Gasteiger partial charge in [-0.1, -0.05) is 57.4 Å². The maximum absolute atomic E-state index is 10.5. The molecule has 0 bridgehead atoms. The molecule has 2 aromatic rings. The molecule has 1 aliphatic rings. The van der Waals surface area contributed by atoms with Crippen LogP contribution in [-0.4, -0.2) is 33.3 Å². The van der Waals surface area contributed by atoms with E-state index in [0.29, 0.717) is 12.0 Å². The number of benzene rings is 1. The predicted octanol–water partition coefficient (Wildman–Crippen LogP) is 5.00. The summed E-state index contributed by atoms with van der Waals surface area (Å²) in [6.07, 6.45) is 8.48. The third-order valence-electron chi connectivity index (χ3n) is 6.17. The van der Waals surface area contributed by atoms with E-state index in [1.165, 1.54) is 48.9 Å². The highest BCUT2D eigenvalue weighted by molar-refractivity contribution is 5.26. The van der Waals surface area contributed by atoms with Gasteiger partial charge in [0.1, 0.15) is 0 Å². The van der Waals surface area contributed by atoms with Gasteiger partial charge in [-0.25, -0.2) is 0 Å². The van der Waals surface area contributed by atoms with E-state index < -0.39 is 0 Å². The van der Waals surface area contributed by atoms with Crippen molar-refractivity contribution >= 4 is 0 Å². The number of hydrogen-bond acceptors (Lipinski definition) is 2. The van der Waals surface area contributed by atoms with E-state index >= 15 is 0 Å². The average molecular weight is 369 g/mol. The van der Waals surface area contributed by atoms with E-state index in [1.54, 1.807) is 0 Å². The lowest BCUT2D eigenvalue weighted by Crippen LogP contribution is -2.42. The molecule has 1 aromatic carbocycles.